The monoisotopic (exact) mass is 824 g/mol. The number of benzene rings is 4. The first-order chi connectivity index (χ1) is 29.6. The Balaban J connectivity index is 0.959. The predicted molar refractivity (Wildman–Crippen MR) is 227 cm³/mol. The first-order valence-electron chi connectivity index (χ1n) is 20.7. The van der Waals surface area contributed by atoms with Crippen LogP contribution in [0.4, 0.5) is 9.59 Å². The number of fused-ring (bicyclic) bond motifs is 7. The van der Waals surface area contributed by atoms with Gasteiger partial charge in [-0.1, -0.05) is 62.4 Å². The molecule has 15 heteroatoms. The van der Waals surface area contributed by atoms with Gasteiger partial charge in [0.2, 0.25) is 5.91 Å². The van der Waals surface area contributed by atoms with Gasteiger partial charge in [-0.2, -0.15) is 0 Å². The highest BCUT2D eigenvalue weighted by Gasteiger charge is 2.39. The van der Waals surface area contributed by atoms with E-state index in [1.807, 2.05) is 55.1 Å². The van der Waals surface area contributed by atoms with Crippen LogP contribution in [-0.2, 0) is 25.7 Å². The zero-order valence-corrected chi connectivity index (χ0v) is 34.5. The van der Waals surface area contributed by atoms with Crippen molar-refractivity contribution in [1.29, 1.82) is 0 Å². The summed E-state index contributed by atoms with van der Waals surface area (Å²) >= 11 is 0. The highest BCUT2D eigenvalue weighted by molar-refractivity contribution is 6.09. The first kappa shape index (κ1) is 39.6. The standard InChI is InChI=1S/C46H48N8O7/c1-25(2)37(51-45(57)59-3)43(55)53-20-8-12-35(53)41-47-23-34(49-41)27-14-15-29-28(22-27)24-61-40-31(29)17-16-30-32(40)18-19-33-39(30)50-42(48-33)36-13-9-21-54(36)44(56)38(52-46(58)60-4)26-10-6-5-7-11-26/h5-7,10-11,14-19,22-23,25,35-38H,8-9,12-13,20-21,24H2,1-4H3,(H,47,49)(H,48,50)(H,51,57)(H,52,58)/t35-,36+,37+,38-/m1/s1. The lowest BCUT2D eigenvalue weighted by Crippen LogP contribution is -2.51. The smallest absolute Gasteiger partial charge is 0.407 e. The number of H-pyrrole nitrogens is 2. The molecule has 4 atom stereocenters. The summed E-state index contributed by atoms with van der Waals surface area (Å²) in [5.41, 5.74) is 7.22. The third-order valence-electron chi connectivity index (χ3n) is 12.2. The van der Waals surface area contributed by atoms with E-state index in [0.717, 1.165) is 81.2 Å². The fourth-order valence-electron chi connectivity index (χ4n) is 9.12. The average molecular weight is 825 g/mol. The number of carbonyl (C=O) groups is 4. The highest BCUT2D eigenvalue weighted by atomic mass is 16.5. The molecule has 3 aliphatic heterocycles. The van der Waals surface area contributed by atoms with Gasteiger partial charge >= 0.3 is 12.2 Å². The Labute approximate surface area is 352 Å². The summed E-state index contributed by atoms with van der Waals surface area (Å²) in [4.78, 5) is 72.5. The number of nitrogens with zero attached hydrogens (tertiary/aromatic N) is 4. The molecule has 4 amide bonds. The van der Waals surface area contributed by atoms with E-state index in [0.29, 0.717) is 36.9 Å². The minimum atomic E-state index is -0.902. The van der Waals surface area contributed by atoms with Crippen molar-refractivity contribution >= 4 is 45.8 Å². The molecule has 2 aromatic heterocycles. The van der Waals surface area contributed by atoms with Crippen molar-refractivity contribution in [2.24, 2.45) is 5.92 Å². The summed E-state index contributed by atoms with van der Waals surface area (Å²) in [6.07, 6.45) is 3.63. The molecule has 314 valence electrons. The largest absolute Gasteiger partial charge is 0.488 e. The molecular weight excluding hydrogens is 777 g/mol. The van der Waals surface area contributed by atoms with Gasteiger partial charge in [0.1, 0.15) is 36.1 Å². The lowest BCUT2D eigenvalue weighted by molar-refractivity contribution is -0.135. The Kier molecular flexibility index (Phi) is 10.6. The second-order valence-corrected chi connectivity index (χ2v) is 16.2. The number of carbonyl (C=O) groups excluding carboxylic acids is 4. The van der Waals surface area contributed by atoms with Crippen molar-refractivity contribution in [3.63, 3.8) is 0 Å². The molecule has 9 rings (SSSR count). The van der Waals surface area contributed by atoms with E-state index >= 15 is 0 Å². The zero-order chi connectivity index (χ0) is 42.4. The number of alkyl carbamates (subject to hydrolysis) is 2. The number of hydrogen-bond acceptors (Lipinski definition) is 9. The third kappa shape index (κ3) is 7.27. The van der Waals surface area contributed by atoms with Crippen LogP contribution in [-0.4, -0.2) is 87.1 Å². The van der Waals surface area contributed by atoms with Crippen LogP contribution in [0.3, 0.4) is 0 Å². The number of aromatic amines is 2. The van der Waals surface area contributed by atoms with Crippen molar-refractivity contribution in [2.75, 3.05) is 27.3 Å². The lowest BCUT2D eigenvalue weighted by Gasteiger charge is -2.30. The normalized spacial score (nSPS) is 18.0. The number of aromatic nitrogens is 4. The van der Waals surface area contributed by atoms with E-state index in [2.05, 4.69) is 57.0 Å². The molecular formula is C46H48N8O7. The minimum absolute atomic E-state index is 0.120. The van der Waals surface area contributed by atoms with Crippen LogP contribution in [0.5, 0.6) is 5.75 Å². The molecule has 2 saturated heterocycles. The zero-order valence-electron chi connectivity index (χ0n) is 34.5. The molecule has 5 heterocycles. The van der Waals surface area contributed by atoms with Crippen molar-refractivity contribution in [1.82, 2.24) is 40.4 Å². The molecule has 0 saturated carbocycles. The van der Waals surface area contributed by atoms with E-state index in [4.69, 9.17) is 24.2 Å². The van der Waals surface area contributed by atoms with E-state index in [-0.39, 0.29) is 29.8 Å². The van der Waals surface area contributed by atoms with E-state index < -0.39 is 24.3 Å². The second kappa shape index (κ2) is 16.3. The number of imidazole rings is 2. The lowest BCUT2D eigenvalue weighted by atomic mass is 9.92. The number of hydrogen-bond donors (Lipinski definition) is 4. The Morgan fingerprint density at radius 2 is 1.48 bits per heavy atom. The van der Waals surface area contributed by atoms with Gasteiger partial charge in [-0.25, -0.2) is 19.6 Å². The van der Waals surface area contributed by atoms with Crippen LogP contribution in [0.25, 0.3) is 44.2 Å². The van der Waals surface area contributed by atoms with Gasteiger partial charge in [0, 0.05) is 29.4 Å². The number of nitrogens with one attached hydrogen (secondary N) is 4. The molecule has 3 aliphatic rings. The van der Waals surface area contributed by atoms with Gasteiger partial charge in [-0.15, -0.1) is 0 Å². The number of rotatable bonds is 9. The van der Waals surface area contributed by atoms with Crippen LogP contribution in [0.15, 0.2) is 79.0 Å². The SMILES string of the molecule is COC(=O)N[C@H](C(=O)N1CCC[C@@H]1c1ncc(-c2ccc3c(c2)COc2c-3ccc3c2ccc2[nH]c([C@@H]4CCCN4C(=O)[C@H](NC(=O)OC)c4ccccc4)nc23)[nH]1)C(C)C. The molecule has 4 N–H and O–H groups in total. The summed E-state index contributed by atoms with van der Waals surface area (Å²) in [6.45, 7) is 5.29. The van der Waals surface area contributed by atoms with Gasteiger partial charge in [0.15, 0.2) is 0 Å². The van der Waals surface area contributed by atoms with Crippen molar-refractivity contribution in [3.05, 3.63) is 102 Å². The number of likely N-dealkylation sites (tertiary alicyclic amines) is 2. The summed E-state index contributed by atoms with van der Waals surface area (Å²) in [7, 11) is 2.57. The Morgan fingerprint density at radius 1 is 0.787 bits per heavy atom. The Hall–Kier alpha value is -6.90. The predicted octanol–water partition coefficient (Wildman–Crippen LogP) is 7.47. The van der Waals surface area contributed by atoms with Crippen LogP contribution >= 0.6 is 0 Å². The number of amides is 4. The molecule has 0 bridgehead atoms. The van der Waals surface area contributed by atoms with Crippen LogP contribution in [0.2, 0.25) is 0 Å². The van der Waals surface area contributed by atoms with Crippen LogP contribution in [0, 0.1) is 5.92 Å². The first-order valence-corrected chi connectivity index (χ1v) is 20.7. The fraction of sp³-hybridized carbons (Fsp3) is 0.348. The maximum absolute atomic E-state index is 14.1. The van der Waals surface area contributed by atoms with Crippen molar-refractivity contribution < 1.29 is 33.4 Å². The average Bonchev–Trinajstić information content (AvgIpc) is 4.13. The summed E-state index contributed by atoms with van der Waals surface area (Å²) < 4.78 is 16.2. The van der Waals surface area contributed by atoms with E-state index in [9.17, 15) is 19.2 Å². The second-order valence-electron chi connectivity index (χ2n) is 16.2. The van der Waals surface area contributed by atoms with Crippen molar-refractivity contribution in [2.45, 2.75) is 70.3 Å². The molecule has 2 fully saturated rings. The van der Waals surface area contributed by atoms with Crippen molar-refractivity contribution in [3.8, 4) is 28.1 Å². The molecule has 15 nitrogen and oxygen atoms in total. The van der Waals surface area contributed by atoms with E-state index in [1.54, 1.807) is 11.1 Å². The maximum atomic E-state index is 14.1. The minimum Gasteiger partial charge on any atom is -0.488 e. The van der Waals surface area contributed by atoms with Gasteiger partial charge < -0.3 is 44.6 Å². The topological polar surface area (TPSA) is 184 Å². The fourth-order valence-corrected chi connectivity index (χ4v) is 9.12. The third-order valence-corrected chi connectivity index (χ3v) is 12.2. The number of ether oxygens (including phenoxy) is 3. The molecule has 61 heavy (non-hydrogen) atoms. The van der Waals surface area contributed by atoms with Crippen LogP contribution in [0.1, 0.15) is 80.4 Å². The van der Waals surface area contributed by atoms with Gasteiger partial charge in [-0.05, 0) is 78.1 Å². The molecule has 6 aromatic rings. The van der Waals surface area contributed by atoms with Crippen LogP contribution < -0.4 is 15.4 Å². The molecule has 0 radical (unpaired) electrons. The van der Waals surface area contributed by atoms with Gasteiger partial charge in [-0.3, -0.25) is 9.59 Å². The highest BCUT2D eigenvalue weighted by Crippen LogP contribution is 2.45. The molecule has 4 aromatic carbocycles. The summed E-state index contributed by atoms with van der Waals surface area (Å²) in [6, 6.07) is 21.6. The summed E-state index contributed by atoms with van der Waals surface area (Å²) in [5, 5.41) is 7.32. The molecule has 0 unspecified atom stereocenters. The molecule has 0 spiro atoms. The van der Waals surface area contributed by atoms with E-state index in [1.165, 1.54) is 14.2 Å². The summed E-state index contributed by atoms with van der Waals surface area (Å²) in [5.74, 6) is 1.70. The van der Waals surface area contributed by atoms with Gasteiger partial charge in [0.25, 0.3) is 5.91 Å². The van der Waals surface area contributed by atoms with Gasteiger partial charge in [0.05, 0.1) is 49.2 Å². The maximum Gasteiger partial charge on any atom is 0.407 e. The Morgan fingerprint density at radius 3 is 2.21 bits per heavy atom. The molecule has 0 aliphatic carbocycles. The Bertz CT molecular complexity index is 2660. The number of methoxy groups -OCH3 is 2. The quantitative estimate of drug-likeness (QED) is 0.115.